The van der Waals surface area contributed by atoms with Gasteiger partial charge in [-0.25, -0.2) is 4.79 Å². The molecular formula is C14H19ClN2O3S. The summed E-state index contributed by atoms with van der Waals surface area (Å²) in [7, 11) is 0. The van der Waals surface area contributed by atoms with Gasteiger partial charge in [0.05, 0.1) is 16.8 Å². The standard InChI is InChI=1S/C14H19ClN2O3S/c15-12-6-5-10(21-12)8-17-14(20)16-7-9-3-1-2-4-11(9)13(18)19/h5-6,9,11H,1-4,7-8H2,(H,18,19)(H2,16,17,20). The van der Waals surface area contributed by atoms with E-state index in [4.69, 9.17) is 11.6 Å². The number of hydrogen-bond donors (Lipinski definition) is 3. The van der Waals surface area contributed by atoms with Crippen LogP contribution in [0.4, 0.5) is 4.79 Å². The molecule has 3 N–H and O–H groups in total. The molecule has 0 saturated heterocycles. The number of carbonyl (C=O) groups is 2. The van der Waals surface area contributed by atoms with Crippen LogP contribution in [0.25, 0.3) is 0 Å². The number of halogens is 1. The maximum atomic E-state index is 11.7. The van der Waals surface area contributed by atoms with Crippen LogP contribution in [0.2, 0.25) is 4.34 Å². The van der Waals surface area contributed by atoms with Crippen molar-refractivity contribution in [1.29, 1.82) is 0 Å². The Labute approximate surface area is 132 Å². The van der Waals surface area contributed by atoms with E-state index in [9.17, 15) is 14.7 Å². The second-order valence-electron chi connectivity index (χ2n) is 5.26. The van der Waals surface area contributed by atoms with Gasteiger partial charge in [-0.3, -0.25) is 4.79 Å². The fourth-order valence-electron chi connectivity index (χ4n) is 2.68. The van der Waals surface area contributed by atoms with E-state index in [1.54, 1.807) is 6.07 Å². The highest BCUT2D eigenvalue weighted by atomic mass is 35.5. The van der Waals surface area contributed by atoms with Crippen molar-refractivity contribution in [2.75, 3.05) is 6.54 Å². The summed E-state index contributed by atoms with van der Waals surface area (Å²) < 4.78 is 0.693. The zero-order chi connectivity index (χ0) is 15.2. The number of carbonyl (C=O) groups excluding carboxylic acids is 1. The van der Waals surface area contributed by atoms with Crippen LogP contribution in [0.3, 0.4) is 0 Å². The first-order valence-electron chi connectivity index (χ1n) is 7.05. The first-order valence-corrected chi connectivity index (χ1v) is 8.24. The minimum absolute atomic E-state index is 0.0261. The number of carboxylic acid groups (broad SMARTS) is 1. The lowest BCUT2D eigenvalue weighted by Gasteiger charge is -2.28. The second-order valence-corrected chi connectivity index (χ2v) is 7.06. The molecule has 2 rings (SSSR count). The Morgan fingerprint density at radius 3 is 2.71 bits per heavy atom. The number of rotatable bonds is 5. The predicted molar refractivity (Wildman–Crippen MR) is 82.7 cm³/mol. The quantitative estimate of drug-likeness (QED) is 0.776. The first kappa shape index (κ1) is 16.1. The molecule has 1 aromatic heterocycles. The molecule has 0 bridgehead atoms. The van der Waals surface area contributed by atoms with Gasteiger partial charge >= 0.3 is 12.0 Å². The molecule has 116 valence electrons. The van der Waals surface area contributed by atoms with Crippen LogP contribution in [0.1, 0.15) is 30.6 Å². The molecule has 0 aliphatic heterocycles. The number of urea groups is 1. The first-order chi connectivity index (χ1) is 10.1. The monoisotopic (exact) mass is 330 g/mol. The summed E-state index contributed by atoms with van der Waals surface area (Å²) in [5, 5.41) is 14.7. The number of carboxylic acids is 1. The summed E-state index contributed by atoms with van der Waals surface area (Å²) in [5.74, 6) is -1.07. The highest BCUT2D eigenvalue weighted by Gasteiger charge is 2.30. The van der Waals surface area contributed by atoms with E-state index in [0.717, 1.165) is 24.1 Å². The summed E-state index contributed by atoms with van der Waals surface area (Å²) in [6.45, 7) is 0.838. The smallest absolute Gasteiger partial charge is 0.315 e. The Kier molecular flexibility index (Phi) is 5.87. The average Bonchev–Trinajstić information content (AvgIpc) is 2.88. The Bertz CT molecular complexity index is 506. The molecule has 1 fully saturated rings. The Balaban J connectivity index is 1.73. The minimum Gasteiger partial charge on any atom is -0.481 e. The normalized spacial score (nSPS) is 21.8. The third kappa shape index (κ3) is 4.89. The molecule has 21 heavy (non-hydrogen) atoms. The molecule has 2 atom stereocenters. The van der Waals surface area contributed by atoms with Crippen LogP contribution in [0.5, 0.6) is 0 Å². The van der Waals surface area contributed by atoms with Gasteiger partial charge in [0.15, 0.2) is 0 Å². The lowest BCUT2D eigenvalue weighted by atomic mass is 9.79. The SMILES string of the molecule is O=C(NCc1ccc(Cl)s1)NCC1CCCCC1C(=O)O. The maximum Gasteiger partial charge on any atom is 0.315 e. The van der Waals surface area contributed by atoms with Gasteiger partial charge in [-0.2, -0.15) is 0 Å². The van der Waals surface area contributed by atoms with Crippen LogP contribution < -0.4 is 10.6 Å². The molecule has 1 aromatic rings. The fraction of sp³-hybridized carbons (Fsp3) is 0.571. The average molecular weight is 331 g/mol. The molecule has 2 unspecified atom stereocenters. The van der Waals surface area contributed by atoms with Crippen molar-refractivity contribution >= 4 is 34.9 Å². The van der Waals surface area contributed by atoms with Gasteiger partial charge in [0, 0.05) is 11.4 Å². The van der Waals surface area contributed by atoms with Gasteiger partial charge in [-0.1, -0.05) is 24.4 Å². The largest absolute Gasteiger partial charge is 0.481 e. The van der Waals surface area contributed by atoms with Crippen LogP contribution in [-0.2, 0) is 11.3 Å². The van der Waals surface area contributed by atoms with Crippen molar-refractivity contribution in [3.8, 4) is 0 Å². The zero-order valence-corrected chi connectivity index (χ0v) is 13.2. The third-order valence-corrected chi connectivity index (χ3v) is 5.03. The number of amides is 2. The summed E-state index contributed by atoms with van der Waals surface area (Å²) in [6, 6.07) is 3.39. The summed E-state index contributed by atoms with van der Waals surface area (Å²) in [6.07, 6.45) is 3.55. The minimum atomic E-state index is -0.755. The maximum absolute atomic E-state index is 11.7. The van der Waals surface area contributed by atoms with Crippen molar-refractivity contribution < 1.29 is 14.7 Å². The van der Waals surface area contributed by atoms with Crippen molar-refractivity contribution in [2.24, 2.45) is 11.8 Å². The van der Waals surface area contributed by atoms with Crippen molar-refractivity contribution in [2.45, 2.75) is 32.2 Å². The lowest BCUT2D eigenvalue weighted by molar-refractivity contribution is -0.144. The van der Waals surface area contributed by atoms with E-state index in [1.165, 1.54) is 11.3 Å². The van der Waals surface area contributed by atoms with Gasteiger partial charge in [0.25, 0.3) is 0 Å². The van der Waals surface area contributed by atoms with Crippen LogP contribution in [0.15, 0.2) is 12.1 Å². The van der Waals surface area contributed by atoms with E-state index < -0.39 is 5.97 Å². The van der Waals surface area contributed by atoms with E-state index in [1.807, 2.05) is 6.07 Å². The molecular weight excluding hydrogens is 312 g/mol. The van der Waals surface area contributed by atoms with Gasteiger partial charge in [-0.05, 0) is 30.9 Å². The molecule has 0 spiro atoms. The highest BCUT2D eigenvalue weighted by Crippen LogP contribution is 2.29. The molecule has 1 aliphatic carbocycles. The van der Waals surface area contributed by atoms with Crippen LogP contribution in [-0.4, -0.2) is 23.7 Å². The van der Waals surface area contributed by atoms with Crippen LogP contribution in [0, 0.1) is 11.8 Å². The molecule has 0 radical (unpaired) electrons. The summed E-state index contributed by atoms with van der Waals surface area (Å²) >= 11 is 7.24. The van der Waals surface area contributed by atoms with E-state index in [2.05, 4.69) is 10.6 Å². The number of hydrogen-bond acceptors (Lipinski definition) is 3. The Morgan fingerprint density at radius 1 is 1.29 bits per heavy atom. The van der Waals surface area contributed by atoms with E-state index in [-0.39, 0.29) is 17.9 Å². The van der Waals surface area contributed by atoms with E-state index >= 15 is 0 Å². The number of nitrogens with one attached hydrogen (secondary N) is 2. The van der Waals surface area contributed by atoms with Crippen molar-refractivity contribution in [3.05, 3.63) is 21.3 Å². The molecule has 0 aromatic carbocycles. The molecule has 7 heteroatoms. The molecule has 1 heterocycles. The molecule has 5 nitrogen and oxygen atoms in total. The summed E-state index contributed by atoms with van der Waals surface area (Å²) in [5.41, 5.74) is 0. The van der Waals surface area contributed by atoms with Gasteiger partial charge in [-0.15, -0.1) is 11.3 Å². The fourth-order valence-corrected chi connectivity index (χ4v) is 3.70. The number of aliphatic carboxylic acids is 1. The third-order valence-electron chi connectivity index (χ3n) is 3.80. The van der Waals surface area contributed by atoms with Gasteiger partial charge < -0.3 is 15.7 Å². The van der Waals surface area contributed by atoms with Crippen molar-refractivity contribution in [3.63, 3.8) is 0 Å². The van der Waals surface area contributed by atoms with Crippen molar-refractivity contribution in [1.82, 2.24) is 10.6 Å². The number of thiophene rings is 1. The van der Waals surface area contributed by atoms with Crippen LogP contribution >= 0.6 is 22.9 Å². The second kappa shape index (κ2) is 7.66. The van der Waals surface area contributed by atoms with Gasteiger partial charge in [0.2, 0.25) is 0 Å². The van der Waals surface area contributed by atoms with E-state index in [0.29, 0.717) is 23.8 Å². The molecule has 2 amide bonds. The highest BCUT2D eigenvalue weighted by molar-refractivity contribution is 7.16. The predicted octanol–water partition coefficient (Wildman–Crippen LogP) is 3.09. The lowest BCUT2D eigenvalue weighted by Crippen LogP contribution is -2.41. The summed E-state index contributed by atoms with van der Waals surface area (Å²) in [4.78, 5) is 23.9. The topological polar surface area (TPSA) is 78.4 Å². The van der Waals surface area contributed by atoms with Gasteiger partial charge in [0.1, 0.15) is 0 Å². The molecule has 1 saturated carbocycles. The Hall–Kier alpha value is -1.27. The zero-order valence-electron chi connectivity index (χ0n) is 11.6. The molecule has 1 aliphatic rings. The Morgan fingerprint density at radius 2 is 2.05 bits per heavy atom.